The predicted octanol–water partition coefficient (Wildman–Crippen LogP) is 13.5. The first-order chi connectivity index (χ1) is 24.7. The first-order valence-electron chi connectivity index (χ1n) is 16.7. The van der Waals surface area contributed by atoms with E-state index in [1.54, 1.807) is 0 Å². The fourth-order valence-corrected chi connectivity index (χ4v) is 9.22. The summed E-state index contributed by atoms with van der Waals surface area (Å²) in [6.07, 6.45) is 0. The van der Waals surface area contributed by atoms with Crippen LogP contribution >= 0.6 is 22.7 Å². The Morgan fingerprint density at radius 1 is 0.300 bits per heavy atom. The standard InChI is InChI=1S/C46H28N2S2/c1-3-11-29(12-4-1)40-28-41(48-46(47-40)30-13-5-2-6-14-30)37-25-31(32-20-23-44-38(26-32)35-15-7-9-17-42(35)49-44)19-22-34(37)33-21-24-45-39(27-33)36-16-8-10-18-43(36)50-45/h1-28H. The first kappa shape index (κ1) is 29.0. The van der Waals surface area contributed by atoms with Crippen molar-refractivity contribution in [3.8, 4) is 56.2 Å². The van der Waals surface area contributed by atoms with Gasteiger partial charge in [-0.05, 0) is 70.8 Å². The summed E-state index contributed by atoms with van der Waals surface area (Å²) >= 11 is 3.70. The summed E-state index contributed by atoms with van der Waals surface area (Å²) in [5.74, 6) is 0.712. The van der Waals surface area contributed by atoms with Gasteiger partial charge < -0.3 is 0 Å². The van der Waals surface area contributed by atoms with Gasteiger partial charge in [0.2, 0.25) is 0 Å². The van der Waals surface area contributed by atoms with Crippen LogP contribution in [0.3, 0.4) is 0 Å². The number of fused-ring (bicyclic) bond motifs is 6. The number of aromatic nitrogens is 2. The number of nitrogens with zero attached hydrogens (tertiary/aromatic N) is 2. The van der Waals surface area contributed by atoms with Crippen LogP contribution in [0.25, 0.3) is 96.5 Å². The van der Waals surface area contributed by atoms with Gasteiger partial charge in [0.05, 0.1) is 11.4 Å². The summed E-state index contributed by atoms with van der Waals surface area (Å²) in [7, 11) is 0. The van der Waals surface area contributed by atoms with E-state index in [1.807, 2.05) is 46.9 Å². The van der Waals surface area contributed by atoms with Gasteiger partial charge in [-0.25, -0.2) is 9.97 Å². The van der Waals surface area contributed by atoms with Gasteiger partial charge in [0, 0.05) is 57.0 Å². The molecule has 10 rings (SSSR count). The van der Waals surface area contributed by atoms with E-state index in [1.165, 1.54) is 51.5 Å². The maximum absolute atomic E-state index is 5.30. The topological polar surface area (TPSA) is 25.8 Å². The number of hydrogen-bond donors (Lipinski definition) is 0. The van der Waals surface area contributed by atoms with E-state index >= 15 is 0 Å². The average Bonchev–Trinajstić information content (AvgIpc) is 3.76. The number of hydrogen-bond acceptors (Lipinski definition) is 4. The van der Waals surface area contributed by atoms with Crippen LogP contribution in [0.5, 0.6) is 0 Å². The Morgan fingerprint density at radius 3 is 1.48 bits per heavy atom. The van der Waals surface area contributed by atoms with Gasteiger partial charge in [0.25, 0.3) is 0 Å². The molecule has 2 nitrogen and oxygen atoms in total. The maximum Gasteiger partial charge on any atom is 0.160 e. The van der Waals surface area contributed by atoms with E-state index in [4.69, 9.17) is 9.97 Å². The summed E-state index contributed by atoms with van der Waals surface area (Å²) in [6.45, 7) is 0. The van der Waals surface area contributed by atoms with Crippen LogP contribution in [0.4, 0.5) is 0 Å². The van der Waals surface area contributed by atoms with Crippen molar-refractivity contribution >= 4 is 63.0 Å². The Balaban J connectivity index is 1.22. The molecule has 0 aliphatic heterocycles. The molecule has 10 aromatic rings. The molecule has 0 saturated carbocycles. The zero-order valence-electron chi connectivity index (χ0n) is 26.9. The van der Waals surface area contributed by atoms with Crippen LogP contribution < -0.4 is 0 Å². The van der Waals surface area contributed by atoms with Crippen LogP contribution in [0.1, 0.15) is 0 Å². The van der Waals surface area contributed by atoms with E-state index in [0.717, 1.165) is 39.2 Å². The van der Waals surface area contributed by atoms with Crippen LogP contribution in [0.2, 0.25) is 0 Å². The smallest absolute Gasteiger partial charge is 0.160 e. The van der Waals surface area contributed by atoms with Gasteiger partial charge in [-0.2, -0.15) is 0 Å². The molecule has 0 aliphatic carbocycles. The predicted molar refractivity (Wildman–Crippen MR) is 215 cm³/mol. The highest BCUT2D eigenvalue weighted by Gasteiger charge is 2.17. The lowest BCUT2D eigenvalue weighted by molar-refractivity contribution is 1.18. The average molecular weight is 673 g/mol. The van der Waals surface area contributed by atoms with Crippen molar-refractivity contribution in [2.24, 2.45) is 0 Å². The maximum atomic E-state index is 5.30. The largest absolute Gasteiger partial charge is 0.228 e. The Hall–Kier alpha value is -5.94. The molecule has 0 bridgehead atoms. The van der Waals surface area contributed by atoms with E-state index in [9.17, 15) is 0 Å². The zero-order chi connectivity index (χ0) is 33.0. The number of thiophene rings is 2. The highest BCUT2D eigenvalue weighted by atomic mass is 32.1. The Morgan fingerprint density at radius 2 is 0.800 bits per heavy atom. The second kappa shape index (κ2) is 11.9. The van der Waals surface area contributed by atoms with Crippen LogP contribution in [-0.2, 0) is 0 Å². The monoisotopic (exact) mass is 672 g/mol. The molecule has 0 aliphatic rings. The Bertz CT molecular complexity index is 2810. The van der Waals surface area contributed by atoms with Gasteiger partial charge in [0.15, 0.2) is 5.82 Å². The molecule has 7 aromatic carbocycles. The molecular formula is C46H28N2S2. The molecule has 0 atom stereocenters. The van der Waals surface area contributed by atoms with Gasteiger partial charge in [-0.1, -0.05) is 121 Å². The van der Waals surface area contributed by atoms with Gasteiger partial charge in [-0.3, -0.25) is 0 Å². The molecule has 0 unspecified atom stereocenters. The van der Waals surface area contributed by atoms with Crippen molar-refractivity contribution < 1.29 is 0 Å². The lowest BCUT2D eigenvalue weighted by Gasteiger charge is -2.15. The molecule has 234 valence electrons. The molecule has 50 heavy (non-hydrogen) atoms. The molecule has 0 spiro atoms. The van der Waals surface area contributed by atoms with Crippen LogP contribution in [-0.4, -0.2) is 9.97 Å². The van der Waals surface area contributed by atoms with Crippen LogP contribution in [0, 0.1) is 0 Å². The van der Waals surface area contributed by atoms with Gasteiger partial charge in [-0.15, -0.1) is 22.7 Å². The van der Waals surface area contributed by atoms with Crippen molar-refractivity contribution in [2.75, 3.05) is 0 Å². The summed E-state index contributed by atoms with van der Waals surface area (Å²) in [4.78, 5) is 10.4. The third-order valence-electron chi connectivity index (χ3n) is 9.52. The Labute approximate surface area is 297 Å². The molecule has 3 heterocycles. The second-order valence-corrected chi connectivity index (χ2v) is 14.7. The van der Waals surface area contributed by atoms with E-state index < -0.39 is 0 Å². The SMILES string of the molecule is c1ccc(-c2cc(-c3cc(-c4ccc5sc6ccccc6c5c4)ccc3-c3ccc4sc5ccccc5c4c3)nc(-c3ccccc3)n2)cc1. The van der Waals surface area contributed by atoms with Crippen molar-refractivity contribution in [3.05, 3.63) is 170 Å². The summed E-state index contributed by atoms with van der Waals surface area (Å²) in [5, 5.41) is 5.18. The molecular weight excluding hydrogens is 645 g/mol. The second-order valence-electron chi connectivity index (χ2n) is 12.6. The highest BCUT2D eigenvalue weighted by molar-refractivity contribution is 7.26. The zero-order valence-corrected chi connectivity index (χ0v) is 28.5. The minimum Gasteiger partial charge on any atom is -0.228 e. The first-order valence-corrected chi connectivity index (χ1v) is 18.4. The molecule has 0 saturated heterocycles. The quantitative estimate of drug-likeness (QED) is 0.182. The van der Waals surface area contributed by atoms with Crippen molar-refractivity contribution in [1.29, 1.82) is 0 Å². The van der Waals surface area contributed by atoms with Gasteiger partial charge in [0.1, 0.15) is 0 Å². The third kappa shape index (κ3) is 5.00. The lowest BCUT2D eigenvalue weighted by Crippen LogP contribution is -1.97. The normalized spacial score (nSPS) is 11.6. The molecule has 4 heteroatoms. The van der Waals surface area contributed by atoms with Crippen LogP contribution in [0.15, 0.2) is 170 Å². The van der Waals surface area contributed by atoms with Gasteiger partial charge >= 0.3 is 0 Å². The lowest BCUT2D eigenvalue weighted by atomic mass is 9.91. The van der Waals surface area contributed by atoms with E-state index in [2.05, 4.69) is 146 Å². The molecule has 0 N–H and O–H groups in total. The minimum absolute atomic E-state index is 0.712. The van der Waals surface area contributed by atoms with Crippen molar-refractivity contribution in [3.63, 3.8) is 0 Å². The molecule has 0 amide bonds. The summed E-state index contributed by atoms with van der Waals surface area (Å²) in [5.41, 5.74) is 9.58. The third-order valence-corrected chi connectivity index (χ3v) is 11.8. The summed E-state index contributed by atoms with van der Waals surface area (Å²) in [6, 6.07) is 60.9. The molecule has 3 aromatic heterocycles. The molecule has 0 radical (unpaired) electrons. The summed E-state index contributed by atoms with van der Waals surface area (Å²) < 4.78 is 5.22. The number of benzene rings is 7. The minimum atomic E-state index is 0.712. The number of rotatable bonds is 5. The fraction of sp³-hybridized carbons (Fsp3) is 0. The highest BCUT2D eigenvalue weighted by Crippen LogP contribution is 2.42. The Kier molecular flexibility index (Phi) is 6.90. The van der Waals surface area contributed by atoms with E-state index in [-0.39, 0.29) is 0 Å². The molecule has 0 fully saturated rings. The fourth-order valence-electron chi connectivity index (χ4n) is 7.05. The van der Waals surface area contributed by atoms with E-state index in [0.29, 0.717) is 5.82 Å². The van der Waals surface area contributed by atoms with Crippen molar-refractivity contribution in [1.82, 2.24) is 9.97 Å². The van der Waals surface area contributed by atoms with Crippen molar-refractivity contribution in [2.45, 2.75) is 0 Å².